The second-order valence-corrected chi connectivity index (χ2v) is 15.1. The Morgan fingerprint density at radius 1 is 0.566 bits per heavy atom. The first-order chi connectivity index (χ1) is 25.7. The van der Waals surface area contributed by atoms with Gasteiger partial charge in [-0.1, -0.05) is 127 Å². The summed E-state index contributed by atoms with van der Waals surface area (Å²) in [5.74, 6) is -0.982. The Morgan fingerprint density at radius 2 is 0.981 bits per heavy atom. The maximum atomic E-state index is 12.6. The van der Waals surface area contributed by atoms with Crippen LogP contribution in [0.15, 0.2) is 48.6 Å². The number of aliphatic hydroxyl groups excluding tert-OH is 2. The Balaban J connectivity index is 4.42. The molecule has 11 heteroatoms. The molecule has 308 valence electrons. The number of aliphatic hydroxyl groups is 2. The van der Waals surface area contributed by atoms with Crippen LogP contribution in [0.1, 0.15) is 168 Å². The van der Waals surface area contributed by atoms with Gasteiger partial charge in [-0.25, -0.2) is 4.57 Å². The highest BCUT2D eigenvalue weighted by Crippen LogP contribution is 2.43. The van der Waals surface area contributed by atoms with Crippen LogP contribution in [0.4, 0.5) is 0 Å². The third-order valence-corrected chi connectivity index (χ3v) is 9.41. The van der Waals surface area contributed by atoms with Gasteiger partial charge in [-0.3, -0.25) is 18.6 Å². The zero-order chi connectivity index (χ0) is 39.1. The van der Waals surface area contributed by atoms with Crippen LogP contribution < -0.4 is 0 Å². The molecule has 0 aliphatic heterocycles. The topological polar surface area (TPSA) is 149 Å². The van der Waals surface area contributed by atoms with Gasteiger partial charge in [0.15, 0.2) is 6.10 Å². The molecule has 3 N–H and O–H groups in total. The first-order valence-corrected chi connectivity index (χ1v) is 22.1. The lowest BCUT2D eigenvalue weighted by Crippen LogP contribution is -2.29. The minimum atomic E-state index is -4.63. The zero-order valence-electron chi connectivity index (χ0n) is 33.2. The highest BCUT2D eigenvalue weighted by molar-refractivity contribution is 7.47. The van der Waals surface area contributed by atoms with Crippen molar-refractivity contribution in [1.82, 2.24) is 0 Å². The van der Waals surface area contributed by atoms with E-state index in [4.69, 9.17) is 19.1 Å². The Labute approximate surface area is 322 Å². The molecule has 0 aromatic carbocycles. The highest BCUT2D eigenvalue weighted by atomic mass is 31.2. The smallest absolute Gasteiger partial charge is 0.462 e. The number of esters is 2. The average Bonchev–Trinajstić information content (AvgIpc) is 3.14. The number of hydrogen-bond donors (Lipinski definition) is 3. The van der Waals surface area contributed by atoms with Crippen LogP contribution in [-0.4, -0.2) is 65.7 Å². The second kappa shape index (κ2) is 38.2. The molecule has 0 amide bonds. The van der Waals surface area contributed by atoms with E-state index in [0.717, 1.165) is 70.6 Å². The van der Waals surface area contributed by atoms with Gasteiger partial charge in [-0.05, 0) is 77.0 Å². The molecule has 0 bridgehead atoms. The average molecular weight is 771 g/mol. The van der Waals surface area contributed by atoms with Crippen molar-refractivity contribution in [1.29, 1.82) is 0 Å². The molecule has 0 aliphatic carbocycles. The van der Waals surface area contributed by atoms with Gasteiger partial charge in [0.1, 0.15) is 12.7 Å². The van der Waals surface area contributed by atoms with E-state index in [1.54, 1.807) is 0 Å². The van der Waals surface area contributed by atoms with Crippen molar-refractivity contribution >= 4 is 19.8 Å². The lowest BCUT2D eigenvalue weighted by molar-refractivity contribution is -0.161. The van der Waals surface area contributed by atoms with Crippen molar-refractivity contribution in [2.45, 2.75) is 180 Å². The summed E-state index contributed by atoms with van der Waals surface area (Å²) in [6, 6.07) is 0. The van der Waals surface area contributed by atoms with Crippen molar-refractivity contribution in [3.05, 3.63) is 48.6 Å². The van der Waals surface area contributed by atoms with E-state index >= 15 is 0 Å². The first-order valence-electron chi connectivity index (χ1n) is 20.6. The van der Waals surface area contributed by atoms with Crippen molar-refractivity contribution in [2.75, 3.05) is 26.4 Å². The Hall–Kier alpha value is -2.07. The van der Waals surface area contributed by atoms with Gasteiger partial charge in [-0.2, -0.15) is 0 Å². The lowest BCUT2D eigenvalue weighted by atomic mass is 10.1. The number of phosphoric acid groups is 1. The fraction of sp³-hybridized carbons (Fsp3) is 0.762. The summed E-state index contributed by atoms with van der Waals surface area (Å²) >= 11 is 0. The van der Waals surface area contributed by atoms with E-state index < -0.39 is 51.8 Å². The number of carbonyl (C=O) groups excluding carboxylic acids is 2. The highest BCUT2D eigenvalue weighted by Gasteiger charge is 2.27. The molecular formula is C42H75O10P. The summed E-state index contributed by atoms with van der Waals surface area (Å²) < 4.78 is 32.6. The maximum Gasteiger partial charge on any atom is 0.472 e. The van der Waals surface area contributed by atoms with Crippen molar-refractivity contribution in [3.8, 4) is 0 Å². The predicted octanol–water partition coefficient (Wildman–Crippen LogP) is 10.6. The molecular weight excluding hydrogens is 695 g/mol. The Kier molecular flexibility index (Phi) is 36.7. The number of ether oxygens (including phenoxy) is 2. The summed E-state index contributed by atoms with van der Waals surface area (Å²) in [7, 11) is -4.63. The second-order valence-electron chi connectivity index (χ2n) is 13.7. The summed E-state index contributed by atoms with van der Waals surface area (Å²) in [4.78, 5) is 34.9. The van der Waals surface area contributed by atoms with Crippen LogP contribution >= 0.6 is 7.82 Å². The SMILES string of the molecule is CCCCC/C=C/C/C=C/CCCCCCCC(=O)O[C@H](COC(=O)CCCC/C=C/C/C=C/CCCCCCCC)COP(=O)(O)OC[C@@H](O)CO. The number of carbonyl (C=O) groups is 2. The van der Waals surface area contributed by atoms with Gasteiger partial charge in [0.05, 0.1) is 19.8 Å². The van der Waals surface area contributed by atoms with Gasteiger partial charge in [0.2, 0.25) is 0 Å². The molecule has 10 nitrogen and oxygen atoms in total. The summed E-state index contributed by atoms with van der Waals surface area (Å²) in [6.07, 6.45) is 39.3. The van der Waals surface area contributed by atoms with Crippen LogP contribution in [0.25, 0.3) is 0 Å². The molecule has 0 saturated carbocycles. The van der Waals surface area contributed by atoms with Gasteiger partial charge < -0.3 is 24.6 Å². The van der Waals surface area contributed by atoms with E-state index in [1.807, 2.05) is 0 Å². The minimum Gasteiger partial charge on any atom is -0.462 e. The monoisotopic (exact) mass is 771 g/mol. The standard InChI is InChI=1S/C42H75O10P/c1-3-5-7-9-11-13-15-17-19-21-23-25-27-29-31-33-41(45)49-37-40(38-51-53(47,48)50-36-39(44)35-43)52-42(46)34-32-30-28-26-24-22-20-18-16-14-12-10-8-6-4-2/h12,14,17-20,23,25,39-40,43-44H,3-11,13,15-16,21-22,24,26-38H2,1-2H3,(H,47,48)/b14-12+,19-17+,20-18+,25-23+/t39-,40+/m0/s1. The van der Waals surface area contributed by atoms with E-state index in [9.17, 15) is 24.2 Å². The number of hydrogen-bond acceptors (Lipinski definition) is 9. The molecule has 3 atom stereocenters. The van der Waals surface area contributed by atoms with Crippen LogP contribution in [-0.2, 0) is 32.7 Å². The van der Waals surface area contributed by atoms with Gasteiger partial charge >= 0.3 is 19.8 Å². The Morgan fingerprint density at radius 3 is 1.53 bits per heavy atom. The molecule has 0 aromatic rings. The van der Waals surface area contributed by atoms with E-state index in [1.165, 1.54) is 57.8 Å². The summed E-state index contributed by atoms with van der Waals surface area (Å²) in [5, 5.41) is 18.3. The third kappa shape index (κ3) is 38.0. The fourth-order valence-electron chi connectivity index (χ4n) is 5.23. The minimum absolute atomic E-state index is 0.160. The fourth-order valence-corrected chi connectivity index (χ4v) is 6.02. The van der Waals surface area contributed by atoms with Gasteiger partial charge in [0, 0.05) is 12.8 Å². The quantitative estimate of drug-likeness (QED) is 0.0240. The van der Waals surface area contributed by atoms with Crippen molar-refractivity contribution < 1.29 is 47.8 Å². The molecule has 0 aliphatic rings. The summed E-state index contributed by atoms with van der Waals surface area (Å²) in [5.41, 5.74) is 0. The van der Waals surface area contributed by atoms with E-state index in [2.05, 4.69) is 67.0 Å². The van der Waals surface area contributed by atoms with Crippen LogP contribution in [0.2, 0.25) is 0 Å². The largest absolute Gasteiger partial charge is 0.472 e. The van der Waals surface area contributed by atoms with Gasteiger partial charge in [0.25, 0.3) is 0 Å². The molecule has 0 spiro atoms. The normalized spacial score (nSPS) is 14.4. The molecule has 0 rings (SSSR count). The Bertz CT molecular complexity index is 1030. The molecule has 0 fully saturated rings. The number of phosphoric ester groups is 1. The molecule has 0 radical (unpaired) electrons. The van der Waals surface area contributed by atoms with Gasteiger partial charge in [-0.15, -0.1) is 0 Å². The number of rotatable bonds is 38. The van der Waals surface area contributed by atoms with E-state index in [0.29, 0.717) is 12.8 Å². The first kappa shape index (κ1) is 50.9. The van der Waals surface area contributed by atoms with Crippen molar-refractivity contribution in [2.24, 2.45) is 0 Å². The zero-order valence-corrected chi connectivity index (χ0v) is 34.1. The van der Waals surface area contributed by atoms with Crippen LogP contribution in [0.5, 0.6) is 0 Å². The third-order valence-electron chi connectivity index (χ3n) is 8.46. The predicted molar refractivity (Wildman–Crippen MR) is 214 cm³/mol. The van der Waals surface area contributed by atoms with Crippen LogP contribution in [0.3, 0.4) is 0 Å². The molecule has 0 aromatic heterocycles. The number of unbranched alkanes of at least 4 members (excludes halogenated alkanes) is 16. The maximum absolute atomic E-state index is 12.6. The molecule has 53 heavy (non-hydrogen) atoms. The number of allylic oxidation sites excluding steroid dienone is 8. The lowest BCUT2D eigenvalue weighted by Gasteiger charge is -2.20. The molecule has 1 unspecified atom stereocenters. The van der Waals surface area contributed by atoms with Crippen LogP contribution in [0, 0.1) is 0 Å². The summed E-state index contributed by atoms with van der Waals surface area (Å²) in [6.45, 7) is 2.28. The molecule has 0 heterocycles. The molecule has 0 saturated heterocycles. The van der Waals surface area contributed by atoms with Crippen molar-refractivity contribution in [3.63, 3.8) is 0 Å². The van der Waals surface area contributed by atoms with E-state index in [-0.39, 0.29) is 19.4 Å².